The number of hydrogen-bond donors (Lipinski definition) is 0. The van der Waals surface area contributed by atoms with Gasteiger partial charge in [-0.15, -0.1) is 0 Å². The van der Waals surface area contributed by atoms with Crippen molar-refractivity contribution in [2.24, 2.45) is 0 Å². The predicted molar refractivity (Wildman–Crippen MR) is 68.6 cm³/mol. The molecule has 0 heterocycles. The van der Waals surface area contributed by atoms with E-state index in [4.69, 9.17) is 0 Å². The Bertz CT molecular complexity index is 442. The highest BCUT2D eigenvalue weighted by Crippen LogP contribution is 2.46. The van der Waals surface area contributed by atoms with E-state index in [9.17, 15) is 0 Å². The maximum absolute atomic E-state index is 2.35. The molecule has 0 nitrogen and oxygen atoms in total. The zero-order chi connectivity index (χ0) is 10.1. The van der Waals surface area contributed by atoms with Gasteiger partial charge in [0.15, 0.2) is 0 Å². The van der Waals surface area contributed by atoms with E-state index in [1.54, 1.807) is 0 Å². The van der Waals surface area contributed by atoms with E-state index in [2.05, 4.69) is 60.7 Å². The molecule has 15 heavy (non-hydrogen) atoms. The lowest BCUT2D eigenvalue weighted by molar-refractivity contribution is 1.23. The normalized spacial score (nSPS) is 23.3. The highest BCUT2D eigenvalue weighted by Gasteiger charge is 2.19. The predicted octanol–water partition coefficient (Wildman–Crippen LogP) is 3.93. The van der Waals surface area contributed by atoms with Gasteiger partial charge in [0.1, 0.15) is 0 Å². The molecule has 0 saturated heterocycles. The molecule has 1 aromatic rings. The molecule has 74 valence electrons. The van der Waals surface area contributed by atoms with Crippen molar-refractivity contribution < 1.29 is 0 Å². The lowest BCUT2D eigenvalue weighted by Crippen LogP contribution is -1.93. The highest BCUT2D eigenvalue weighted by atomic mass is 31.1. The first-order valence-electron chi connectivity index (χ1n) is 5.32. The van der Waals surface area contributed by atoms with Crippen LogP contribution >= 0.6 is 8.58 Å². The van der Waals surface area contributed by atoms with Crippen molar-refractivity contribution in [3.63, 3.8) is 0 Å². The number of allylic oxidation sites excluding steroid dienone is 5. The second-order valence-electron chi connectivity index (χ2n) is 3.93. The SMILES string of the molecule is C1=CC(PC2C=Cc3ccccc32)C=C1. The van der Waals surface area contributed by atoms with E-state index in [-0.39, 0.29) is 0 Å². The van der Waals surface area contributed by atoms with Crippen LogP contribution in [0.2, 0.25) is 0 Å². The monoisotopic (exact) mass is 212 g/mol. The van der Waals surface area contributed by atoms with E-state index >= 15 is 0 Å². The van der Waals surface area contributed by atoms with Gasteiger partial charge >= 0.3 is 0 Å². The number of fused-ring (bicyclic) bond motifs is 1. The molecular weight excluding hydrogens is 199 g/mol. The molecule has 0 saturated carbocycles. The summed E-state index contributed by atoms with van der Waals surface area (Å²) in [6.07, 6.45) is 13.5. The second-order valence-corrected chi connectivity index (χ2v) is 5.55. The van der Waals surface area contributed by atoms with E-state index < -0.39 is 0 Å². The summed E-state index contributed by atoms with van der Waals surface area (Å²) in [5.74, 6) is 0. The fourth-order valence-electron chi connectivity index (χ4n) is 2.15. The molecule has 2 atom stereocenters. The number of benzene rings is 1. The Hall–Kier alpha value is -1.13. The summed E-state index contributed by atoms with van der Waals surface area (Å²) in [5, 5.41) is 0. The third kappa shape index (κ3) is 1.70. The lowest BCUT2D eigenvalue weighted by atomic mass is 10.1. The smallest absolute Gasteiger partial charge is 0.0210 e. The minimum atomic E-state index is 0.638. The summed E-state index contributed by atoms with van der Waals surface area (Å²) in [6.45, 7) is 0. The third-order valence-corrected chi connectivity index (χ3v) is 4.55. The van der Waals surface area contributed by atoms with Crippen molar-refractivity contribution in [1.29, 1.82) is 0 Å². The molecule has 0 aromatic heterocycles. The van der Waals surface area contributed by atoms with Gasteiger partial charge in [0.25, 0.3) is 0 Å². The van der Waals surface area contributed by atoms with Crippen molar-refractivity contribution in [1.82, 2.24) is 0 Å². The van der Waals surface area contributed by atoms with Crippen LogP contribution in [0.3, 0.4) is 0 Å². The molecule has 0 fully saturated rings. The summed E-state index contributed by atoms with van der Waals surface area (Å²) in [6, 6.07) is 8.72. The van der Waals surface area contributed by atoms with E-state index in [1.165, 1.54) is 11.1 Å². The molecule has 2 unspecified atom stereocenters. The average molecular weight is 212 g/mol. The molecule has 0 radical (unpaired) electrons. The van der Waals surface area contributed by atoms with Gasteiger partial charge in [0, 0.05) is 11.3 Å². The standard InChI is InChI=1S/C14H13P/c1-4-8-13-11(5-1)9-10-14(13)15-12-6-2-3-7-12/h1-10,12,14-15H. The molecule has 0 aliphatic heterocycles. The fourth-order valence-corrected chi connectivity index (χ4v) is 3.65. The van der Waals surface area contributed by atoms with Crippen LogP contribution in [0.15, 0.2) is 54.6 Å². The largest absolute Gasteiger partial charge is 0.0991 e. The Kier molecular flexibility index (Phi) is 2.31. The summed E-state index contributed by atoms with van der Waals surface area (Å²) in [7, 11) is 0.946. The van der Waals surface area contributed by atoms with Gasteiger partial charge in [0.05, 0.1) is 0 Å². The Labute approximate surface area is 92.2 Å². The summed E-state index contributed by atoms with van der Waals surface area (Å²) >= 11 is 0. The van der Waals surface area contributed by atoms with Crippen molar-refractivity contribution in [3.8, 4) is 0 Å². The maximum atomic E-state index is 2.35. The molecule has 0 spiro atoms. The van der Waals surface area contributed by atoms with Crippen LogP contribution in [0.1, 0.15) is 16.8 Å². The molecule has 1 heteroatoms. The van der Waals surface area contributed by atoms with Crippen LogP contribution in [0.25, 0.3) is 6.08 Å². The van der Waals surface area contributed by atoms with Gasteiger partial charge in [0.2, 0.25) is 0 Å². The Balaban J connectivity index is 1.82. The van der Waals surface area contributed by atoms with Gasteiger partial charge in [-0.2, -0.15) is 0 Å². The van der Waals surface area contributed by atoms with Crippen molar-refractivity contribution in [2.45, 2.75) is 11.3 Å². The zero-order valence-electron chi connectivity index (χ0n) is 8.43. The van der Waals surface area contributed by atoms with Crippen LogP contribution in [-0.4, -0.2) is 5.66 Å². The fraction of sp³-hybridized carbons (Fsp3) is 0.143. The Morgan fingerprint density at radius 2 is 1.73 bits per heavy atom. The third-order valence-electron chi connectivity index (χ3n) is 2.92. The van der Waals surface area contributed by atoms with Crippen molar-refractivity contribution in [2.75, 3.05) is 0 Å². The highest BCUT2D eigenvalue weighted by molar-refractivity contribution is 7.40. The lowest BCUT2D eigenvalue weighted by Gasteiger charge is -2.13. The van der Waals surface area contributed by atoms with Gasteiger partial charge in [-0.1, -0.05) is 69.3 Å². The van der Waals surface area contributed by atoms with E-state index in [0.717, 1.165) is 8.58 Å². The molecule has 3 rings (SSSR count). The Morgan fingerprint density at radius 3 is 2.60 bits per heavy atom. The van der Waals surface area contributed by atoms with Crippen LogP contribution in [0, 0.1) is 0 Å². The first kappa shape index (κ1) is 9.12. The molecule has 2 aliphatic carbocycles. The van der Waals surface area contributed by atoms with E-state index in [0.29, 0.717) is 11.3 Å². The average Bonchev–Trinajstić information content (AvgIpc) is 2.89. The quantitative estimate of drug-likeness (QED) is 0.651. The van der Waals surface area contributed by atoms with Crippen LogP contribution in [0.4, 0.5) is 0 Å². The number of hydrogen-bond acceptors (Lipinski definition) is 0. The summed E-state index contributed by atoms with van der Waals surface area (Å²) in [4.78, 5) is 0. The first-order chi connectivity index (χ1) is 7.43. The molecule has 0 amide bonds. The Morgan fingerprint density at radius 1 is 0.933 bits per heavy atom. The van der Waals surface area contributed by atoms with Crippen LogP contribution in [-0.2, 0) is 0 Å². The minimum Gasteiger partial charge on any atom is -0.0991 e. The summed E-state index contributed by atoms with van der Waals surface area (Å²) < 4.78 is 0. The number of rotatable bonds is 2. The van der Waals surface area contributed by atoms with Gasteiger partial charge < -0.3 is 0 Å². The van der Waals surface area contributed by atoms with Crippen LogP contribution in [0.5, 0.6) is 0 Å². The molecule has 0 N–H and O–H groups in total. The summed E-state index contributed by atoms with van der Waals surface area (Å²) in [5.41, 5.74) is 4.20. The van der Waals surface area contributed by atoms with Crippen molar-refractivity contribution >= 4 is 14.7 Å². The molecule has 1 aromatic carbocycles. The second kappa shape index (κ2) is 3.79. The molecule has 0 bridgehead atoms. The van der Waals surface area contributed by atoms with Crippen LogP contribution < -0.4 is 0 Å². The van der Waals surface area contributed by atoms with Gasteiger partial charge in [-0.25, -0.2) is 0 Å². The minimum absolute atomic E-state index is 0.638. The molecular formula is C14H13P. The molecule has 2 aliphatic rings. The van der Waals surface area contributed by atoms with E-state index in [1.807, 2.05) is 0 Å². The zero-order valence-corrected chi connectivity index (χ0v) is 9.43. The van der Waals surface area contributed by atoms with Crippen molar-refractivity contribution in [3.05, 3.63) is 65.8 Å². The first-order valence-corrected chi connectivity index (χ1v) is 6.47. The van der Waals surface area contributed by atoms with Gasteiger partial charge in [-0.05, 0) is 11.1 Å². The maximum Gasteiger partial charge on any atom is 0.0210 e. The topological polar surface area (TPSA) is 0 Å². The van der Waals surface area contributed by atoms with Gasteiger partial charge in [-0.3, -0.25) is 0 Å².